The molecule has 0 spiro atoms. The lowest BCUT2D eigenvalue weighted by Gasteiger charge is -2.11. The number of carbonyl (C=O) groups excluding carboxylic acids is 2. The van der Waals surface area contributed by atoms with Gasteiger partial charge in [0.25, 0.3) is 20.0 Å². The zero-order valence-corrected chi connectivity index (χ0v) is 19.8. The summed E-state index contributed by atoms with van der Waals surface area (Å²) in [4.78, 5) is 22.2. The second-order valence-electron chi connectivity index (χ2n) is 7.20. The number of carbonyl (C=O) groups is 2. The molecule has 0 bridgehead atoms. The van der Waals surface area contributed by atoms with Gasteiger partial charge in [-0.15, -0.1) is 0 Å². The van der Waals surface area contributed by atoms with Crippen molar-refractivity contribution in [1.82, 2.24) is 0 Å². The fourth-order valence-corrected chi connectivity index (χ4v) is 4.99. The highest BCUT2D eigenvalue weighted by atomic mass is 32.2. The highest BCUT2D eigenvalue weighted by molar-refractivity contribution is 7.93. The normalized spacial score (nSPS) is 11.4. The molecular weight excluding hydrogens is 480 g/mol. The van der Waals surface area contributed by atoms with Crippen molar-refractivity contribution in [2.75, 3.05) is 20.1 Å². The third-order valence-corrected chi connectivity index (χ3v) is 7.15. The monoisotopic (exact) mass is 502 g/mol. The van der Waals surface area contributed by atoms with Crippen LogP contribution in [-0.2, 0) is 29.6 Å². The molecule has 0 heterocycles. The predicted octanol–water partition coefficient (Wildman–Crippen LogP) is 3.21. The number of benzene rings is 3. The SMILES string of the molecule is CC(=O)Nc1ccc(S(=O)(=O)Nc2ccc(NS(=O)(=O)c3ccc(NC(C)=O)cc3)cc2)cc1. The van der Waals surface area contributed by atoms with Crippen LogP contribution in [0.2, 0.25) is 0 Å². The van der Waals surface area contributed by atoms with Gasteiger partial charge in [-0.2, -0.15) is 0 Å². The van der Waals surface area contributed by atoms with Gasteiger partial charge in [-0.05, 0) is 72.8 Å². The van der Waals surface area contributed by atoms with E-state index < -0.39 is 20.0 Å². The van der Waals surface area contributed by atoms with Gasteiger partial charge in [0, 0.05) is 36.6 Å². The Kier molecular flexibility index (Phi) is 7.23. The molecule has 4 N–H and O–H groups in total. The number of amides is 2. The maximum Gasteiger partial charge on any atom is 0.261 e. The first-order valence-electron chi connectivity index (χ1n) is 9.86. The highest BCUT2D eigenvalue weighted by Crippen LogP contribution is 2.22. The summed E-state index contributed by atoms with van der Waals surface area (Å²) < 4.78 is 55.2. The number of hydrogen-bond donors (Lipinski definition) is 4. The fraction of sp³-hybridized carbons (Fsp3) is 0.0909. The molecule has 0 unspecified atom stereocenters. The van der Waals surface area contributed by atoms with Crippen LogP contribution in [0.4, 0.5) is 22.7 Å². The van der Waals surface area contributed by atoms with E-state index in [2.05, 4.69) is 20.1 Å². The quantitative estimate of drug-likeness (QED) is 0.371. The Morgan fingerprint density at radius 1 is 0.500 bits per heavy atom. The summed E-state index contributed by atoms with van der Waals surface area (Å²) in [6.07, 6.45) is 0. The smallest absolute Gasteiger partial charge is 0.261 e. The van der Waals surface area contributed by atoms with Gasteiger partial charge in [-0.3, -0.25) is 19.0 Å². The van der Waals surface area contributed by atoms with Crippen LogP contribution in [0, 0.1) is 0 Å². The van der Waals surface area contributed by atoms with Crippen LogP contribution >= 0.6 is 0 Å². The third kappa shape index (κ3) is 6.56. The molecule has 0 fully saturated rings. The van der Waals surface area contributed by atoms with Crippen LogP contribution in [0.5, 0.6) is 0 Å². The molecule has 3 rings (SSSR count). The third-order valence-electron chi connectivity index (χ3n) is 4.36. The number of anilines is 4. The summed E-state index contributed by atoms with van der Waals surface area (Å²) in [5.41, 5.74) is 1.39. The Balaban J connectivity index is 1.68. The summed E-state index contributed by atoms with van der Waals surface area (Å²) >= 11 is 0. The number of sulfonamides is 2. The van der Waals surface area contributed by atoms with Gasteiger partial charge in [0.05, 0.1) is 9.79 Å². The number of rotatable bonds is 8. The van der Waals surface area contributed by atoms with E-state index in [0.717, 1.165) is 0 Å². The van der Waals surface area contributed by atoms with E-state index in [9.17, 15) is 26.4 Å². The minimum atomic E-state index is -3.89. The molecule has 0 aliphatic rings. The summed E-state index contributed by atoms with van der Waals surface area (Å²) in [5, 5.41) is 5.11. The fourth-order valence-electron chi connectivity index (χ4n) is 2.88. The van der Waals surface area contributed by atoms with E-state index >= 15 is 0 Å². The molecule has 0 aromatic heterocycles. The summed E-state index contributed by atoms with van der Waals surface area (Å²) in [6, 6.07) is 17.0. The standard InChI is InChI=1S/C22H22N4O6S2/c1-15(27)23-17-7-11-21(12-8-17)33(29,30)25-19-3-5-20(6-4-19)26-34(31,32)22-13-9-18(10-14-22)24-16(2)28/h3-14,25-26H,1-2H3,(H,23,27)(H,24,28). The van der Waals surface area contributed by atoms with Crippen LogP contribution in [0.25, 0.3) is 0 Å². The van der Waals surface area contributed by atoms with Crippen molar-refractivity contribution in [3.05, 3.63) is 72.8 Å². The van der Waals surface area contributed by atoms with Crippen molar-refractivity contribution < 1.29 is 26.4 Å². The first-order chi connectivity index (χ1) is 15.9. The Hall–Kier alpha value is -3.90. The summed E-state index contributed by atoms with van der Waals surface area (Å²) in [7, 11) is -7.79. The lowest BCUT2D eigenvalue weighted by Crippen LogP contribution is -2.14. The van der Waals surface area contributed by atoms with Crippen LogP contribution in [0.15, 0.2) is 82.6 Å². The van der Waals surface area contributed by atoms with E-state index in [1.807, 2.05) is 0 Å². The van der Waals surface area contributed by atoms with Crippen molar-refractivity contribution in [2.24, 2.45) is 0 Å². The molecule has 3 aromatic carbocycles. The zero-order chi connectivity index (χ0) is 24.9. The molecular formula is C22H22N4O6S2. The Morgan fingerprint density at radius 3 is 1.03 bits per heavy atom. The van der Waals surface area contributed by atoms with Crippen molar-refractivity contribution in [3.8, 4) is 0 Å². The van der Waals surface area contributed by atoms with Crippen molar-refractivity contribution >= 4 is 54.6 Å². The molecule has 34 heavy (non-hydrogen) atoms. The predicted molar refractivity (Wildman–Crippen MR) is 130 cm³/mol. The molecule has 178 valence electrons. The first-order valence-corrected chi connectivity index (χ1v) is 12.8. The van der Waals surface area contributed by atoms with Gasteiger partial charge in [0.2, 0.25) is 11.8 Å². The minimum absolute atomic E-state index is 0.00547. The van der Waals surface area contributed by atoms with Gasteiger partial charge >= 0.3 is 0 Å². The molecule has 0 saturated heterocycles. The Bertz CT molecular complexity index is 1290. The zero-order valence-electron chi connectivity index (χ0n) is 18.2. The largest absolute Gasteiger partial charge is 0.326 e. The van der Waals surface area contributed by atoms with E-state index in [0.29, 0.717) is 11.4 Å². The minimum Gasteiger partial charge on any atom is -0.326 e. The van der Waals surface area contributed by atoms with Crippen LogP contribution in [0.1, 0.15) is 13.8 Å². The van der Waals surface area contributed by atoms with E-state index in [-0.39, 0.29) is 33.0 Å². The van der Waals surface area contributed by atoms with Gasteiger partial charge < -0.3 is 10.6 Å². The maximum atomic E-state index is 12.6. The maximum absolute atomic E-state index is 12.6. The van der Waals surface area contributed by atoms with Crippen molar-refractivity contribution in [3.63, 3.8) is 0 Å². The molecule has 12 heteroatoms. The van der Waals surface area contributed by atoms with Gasteiger partial charge in [-0.1, -0.05) is 0 Å². The Morgan fingerprint density at radius 2 is 0.765 bits per heavy atom. The molecule has 0 atom stereocenters. The second-order valence-corrected chi connectivity index (χ2v) is 10.6. The molecule has 10 nitrogen and oxygen atoms in total. The molecule has 3 aromatic rings. The van der Waals surface area contributed by atoms with Crippen LogP contribution in [-0.4, -0.2) is 28.6 Å². The molecule has 0 radical (unpaired) electrons. The lowest BCUT2D eigenvalue weighted by molar-refractivity contribution is -0.115. The second kappa shape index (κ2) is 9.93. The van der Waals surface area contributed by atoms with Gasteiger partial charge in [-0.25, -0.2) is 16.8 Å². The summed E-state index contributed by atoms with van der Waals surface area (Å²) in [5.74, 6) is -0.544. The average Bonchev–Trinajstić information content (AvgIpc) is 2.75. The number of hydrogen-bond acceptors (Lipinski definition) is 6. The van der Waals surface area contributed by atoms with Crippen LogP contribution < -0.4 is 20.1 Å². The van der Waals surface area contributed by atoms with Gasteiger partial charge in [0.1, 0.15) is 0 Å². The lowest BCUT2D eigenvalue weighted by atomic mass is 10.3. The summed E-state index contributed by atoms with van der Waals surface area (Å²) in [6.45, 7) is 2.69. The molecule has 0 aliphatic heterocycles. The molecule has 2 amide bonds. The topological polar surface area (TPSA) is 151 Å². The number of nitrogens with one attached hydrogen (secondary N) is 4. The molecule has 0 saturated carbocycles. The van der Waals surface area contributed by atoms with Crippen molar-refractivity contribution in [1.29, 1.82) is 0 Å². The Labute approximate surface area is 197 Å². The highest BCUT2D eigenvalue weighted by Gasteiger charge is 2.16. The first kappa shape index (κ1) is 24.7. The van der Waals surface area contributed by atoms with E-state index in [1.165, 1.54) is 86.6 Å². The van der Waals surface area contributed by atoms with Crippen molar-refractivity contribution in [2.45, 2.75) is 23.6 Å². The van der Waals surface area contributed by atoms with Crippen LogP contribution in [0.3, 0.4) is 0 Å². The average molecular weight is 503 g/mol. The molecule has 0 aliphatic carbocycles. The van der Waals surface area contributed by atoms with E-state index in [1.54, 1.807) is 0 Å². The van der Waals surface area contributed by atoms with E-state index in [4.69, 9.17) is 0 Å². The van der Waals surface area contributed by atoms with Gasteiger partial charge in [0.15, 0.2) is 0 Å².